The second-order valence-electron chi connectivity index (χ2n) is 4.56. The van der Waals surface area contributed by atoms with E-state index in [0.717, 1.165) is 9.58 Å². The molecule has 7 heteroatoms. The topological polar surface area (TPSA) is 21.3 Å². The van der Waals surface area contributed by atoms with Gasteiger partial charge in [0.2, 0.25) is 0 Å². The van der Waals surface area contributed by atoms with Gasteiger partial charge in [-0.3, -0.25) is 0 Å². The van der Waals surface area contributed by atoms with E-state index in [9.17, 15) is 17.6 Å². The number of rotatable bonds is 6. The normalized spacial score (nSPS) is 12.2. The average molecular weight is 321 g/mol. The highest BCUT2D eigenvalue weighted by Gasteiger charge is 2.26. The molecule has 21 heavy (non-hydrogen) atoms. The number of alkyl halides is 3. The summed E-state index contributed by atoms with van der Waals surface area (Å²) in [7, 11) is 1.76. The molecule has 0 aliphatic rings. The molecule has 0 radical (unpaired) electrons. The zero-order valence-corrected chi connectivity index (χ0v) is 12.2. The quantitative estimate of drug-likeness (QED) is 0.635. The SMILES string of the molecule is CNCc1sc2cccc(F)c2c1COCCC(F)(F)F. The number of benzene rings is 1. The fourth-order valence-electron chi connectivity index (χ4n) is 2.03. The van der Waals surface area contributed by atoms with Crippen LogP contribution in [0.3, 0.4) is 0 Å². The van der Waals surface area contributed by atoms with Gasteiger partial charge in [-0.2, -0.15) is 13.2 Å². The predicted molar refractivity (Wildman–Crippen MR) is 74.9 cm³/mol. The Morgan fingerprint density at radius 1 is 1.29 bits per heavy atom. The van der Waals surface area contributed by atoms with Crippen LogP contribution in [-0.2, 0) is 17.9 Å². The Hall–Kier alpha value is -1.18. The lowest BCUT2D eigenvalue weighted by Crippen LogP contribution is -2.12. The molecule has 1 aromatic carbocycles. The highest BCUT2D eigenvalue weighted by atomic mass is 32.1. The minimum absolute atomic E-state index is 0.0198. The van der Waals surface area contributed by atoms with Crippen LogP contribution < -0.4 is 5.32 Å². The fourth-order valence-corrected chi connectivity index (χ4v) is 3.27. The summed E-state index contributed by atoms with van der Waals surface area (Å²) in [5.41, 5.74) is 0.629. The average Bonchev–Trinajstić information content (AvgIpc) is 2.73. The molecule has 0 atom stereocenters. The number of hydrogen-bond acceptors (Lipinski definition) is 3. The lowest BCUT2D eigenvalue weighted by Gasteiger charge is -2.08. The van der Waals surface area contributed by atoms with Crippen molar-refractivity contribution in [2.45, 2.75) is 25.7 Å². The van der Waals surface area contributed by atoms with E-state index in [1.54, 1.807) is 19.2 Å². The second kappa shape index (κ2) is 6.72. The van der Waals surface area contributed by atoms with E-state index in [1.807, 2.05) is 0 Å². The number of nitrogens with one attached hydrogen (secondary N) is 1. The van der Waals surface area contributed by atoms with Gasteiger partial charge in [-0.25, -0.2) is 4.39 Å². The van der Waals surface area contributed by atoms with Crippen molar-refractivity contribution >= 4 is 21.4 Å². The summed E-state index contributed by atoms with van der Waals surface area (Å²) in [4.78, 5) is 0.879. The first-order valence-corrected chi connectivity index (χ1v) is 7.22. The molecule has 2 nitrogen and oxygen atoms in total. The van der Waals surface area contributed by atoms with Crippen molar-refractivity contribution in [3.05, 3.63) is 34.5 Å². The van der Waals surface area contributed by atoms with E-state index in [2.05, 4.69) is 5.32 Å². The van der Waals surface area contributed by atoms with Crippen LogP contribution in [0.25, 0.3) is 10.1 Å². The van der Waals surface area contributed by atoms with Crippen LogP contribution in [0.1, 0.15) is 16.9 Å². The Balaban J connectivity index is 2.18. The van der Waals surface area contributed by atoms with Gasteiger partial charge < -0.3 is 10.1 Å². The number of thiophene rings is 1. The number of ether oxygens (including phenoxy) is 1. The molecule has 1 heterocycles. The van der Waals surface area contributed by atoms with Crippen LogP contribution in [0, 0.1) is 5.82 Å². The minimum Gasteiger partial charge on any atom is -0.376 e. The molecule has 0 saturated heterocycles. The van der Waals surface area contributed by atoms with E-state index in [-0.39, 0.29) is 12.4 Å². The lowest BCUT2D eigenvalue weighted by molar-refractivity contribution is -0.146. The first-order chi connectivity index (χ1) is 9.92. The number of fused-ring (bicyclic) bond motifs is 1. The molecule has 0 aliphatic carbocycles. The Morgan fingerprint density at radius 2 is 2.05 bits per heavy atom. The lowest BCUT2D eigenvalue weighted by atomic mass is 10.1. The van der Waals surface area contributed by atoms with Crippen LogP contribution in [0.15, 0.2) is 18.2 Å². The smallest absolute Gasteiger partial charge is 0.376 e. The summed E-state index contributed by atoms with van der Waals surface area (Å²) < 4.78 is 56.1. The molecular weight excluding hydrogens is 306 g/mol. The van der Waals surface area contributed by atoms with E-state index in [4.69, 9.17) is 4.74 Å². The van der Waals surface area contributed by atoms with Gasteiger partial charge in [0.1, 0.15) is 5.82 Å². The Bertz CT molecular complexity index is 609. The van der Waals surface area contributed by atoms with Crippen molar-refractivity contribution < 1.29 is 22.3 Å². The van der Waals surface area contributed by atoms with Gasteiger partial charge in [-0.15, -0.1) is 11.3 Å². The minimum atomic E-state index is -4.24. The third-order valence-corrected chi connectivity index (χ3v) is 4.16. The van der Waals surface area contributed by atoms with Crippen molar-refractivity contribution in [2.24, 2.45) is 0 Å². The predicted octanol–water partition coefficient (Wildman–Crippen LogP) is 4.23. The van der Waals surface area contributed by atoms with E-state index >= 15 is 0 Å². The second-order valence-corrected chi connectivity index (χ2v) is 5.70. The van der Waals surface area contributed by atoms with E-state index in [1.165, 1.54) is 17.4 Å². The Labute approximate surface area is 123 Å². The summed E-state index contributed by atoms with van der Waals surface area (Å²) in [5, 5.41) is 3.42. The van der Waals surface area contributed by atoms with Crippen molar-refractivity contribution in [1.82, 2.24) is 5.32 Å². The maximum absolute atomic E-state index is 13.9. The van der Waals surface area contributed by atoms with Crippen LogP contribution in [0.2, 0.25) is 0 Å². The Morgan fingerprint density at radius 3 is 2.71 bits per heavy atom. The molecule has 0 aliphatic heterocycles. The van der Waals surface area contributed by atoms with Gasteiger partial charge in [0, 0.05) is 27.1 Å². The standard InChI is InChI=1S/C14H15F4NOS/c1-19-7-12-9(8-20-6-5-14(16,17)18)13-10(15)3-2-4-11(13)21-12/h2-4,19H,5-8H2,1H3. The van der Waals surface area contributed by atoms with Gasteiger partial charge in [0.05, 0.1) is 19.6 Å². The third-order valence-electron chi connectivity index (χ3n) is 2.96. The molecule has 0 bridgehead atoms. The summed E-state index contributed by atoms with van der Waals surface area (Å²) in [6, 6.07) is 4.75. The third kappa shape index (κ3) is 4.15. The van der Waals surface area contributed by atoms with Crippen molar-refractivity contribution in [2.75, 3.05) is 13.7 Å². The zero-order chi connectivity index (χ0) is 15.5. The maximum atomic E-state index is 13.9. The molecule has 116 valence electrons. The number of halogens is 4. The summed E-state index contributed by atoms with van der Waals surface area (Å²) in [6.07, 6.45) is -5.24. The molecule has 1 N–H and O–H groups in total. The van der Waals surface area contributed by atoms with Crippen LogP contribution in [-0.4, -0.2) is 19.8 Å². The molecule has 0 spiro atoms. The van der Waals surface area contributed by atoms with Gasteiger partial charge >= 0.3 is 6.18 Å². The molecule has 0 saturated carbocycles. The van der Waals surface area contributed by atoms with Crippen LogP contribution >= 0.6 is 11.3 Å². The molecule has 0 amide bonds. The van der Waals surface area contributed by atoms with E-state index < -0.39 is 19.2 Å². The van der Waals surface area contributed by atoms with Gasteiger partial charge in [-0.1, -0.05) is 6.07 Å². The summed E-state index contributed by atoms with van der Waals surface area (Å²) in [5.74, 6) is -0.375. The Kier molecular flexibility index (Phi) is 5.18. The molecule has 2 rings (SSSR count). The fraction of sp³-hybridized carbons (Fsp3) is 0.429. The van der Waals surface area contributed by atoms with Crippen molar-refractivity contribution in [3.8, 4) is 0 Å². The molecule has 1 aromatic heterocycles. The maximum Gasteiger partial charge on any atom is 0.391 e. The molecule has 2 aromatic rings. The largest absolute Gasteiger partial charge is 0.391 e. The monoisotopic (exact) mass is 321 g/mol. The zero-order valence-electron chi connectivity index (χ0n) is 11.4. The van der Waals surface area contributed by atoms with Crippen molar-refractivity contribution in [1.29, 1.82) is 0 Å². The highest BCUT2D eigenvalue weighted by molar-refractivity contribution is 7.19. The van der Waals surface area contributed by atoms with Crippen LogP contribution in [0.4, 0.5) is 17.6 Å². The van der Waals surface area contributed by atoms with Gasteiger partial charge in [0.25, 0.3) is 0 Å². The van der Waals surface area contributed by atoms with Gasteiger partial charge in [0.15, 0.2) is 0 Å². The number of hydrogen-bond donors (Lipinski definition) is 1. The summed E-state index contributed by atoms with van der Waals surface area (Å²) >= 11 is 1.42. The molecule has 0 fully saturated rings. The van der Waals surface area contributed by atoms with Crippen molar-refractivity contribution in [3.63, 3.8) is 0 Å². The van der Waals surface area contributed by atoms with Crippen LogP contribution in [0.5, 0.6) is 0 Å². The first-order valence-electron chi connectivity index (χ1n) is 6.40. The first kappa shape index (κ1) is 16.2. The highest BCUT2D eigenvalue weighted by Crippen LogP contribution is 2.34. The summed E-state index contributed by atoms with van der Waals surface area (Å²) in [6.45, 7) is 0.0824. The van der Waals surface area contributed by atoms with Gasteiger partial charge in [-0.05, 0) is 19.2 Å². The van der Waals surface area contributed by atoms with E-state index in [0.29, 0.717) is 17.5 Å². The molecule has 0 unspecified atom stereocenters. The molecular formula is C14H15F4NOS.